The highest BCUT2D eigenvalue weighted by Crippen LogP contribution is 2.22. The number of carbonyl (C=O) groups is 1. The smallest absolute Gasteiger partial charge is 0.450 e. The zero-order chi connectivity index (χ0) is 16.3. The molecule has 0 unspecified atom stereocenters. The molecule has 2 N–H and O–H groups in total. The Hall–Kier alpha value is -1.31. The molecule has 0 saturated heterocycles. The molecule has 0 saturated carbocycles. The van der Waals surface area contributed by atoms with Crippen molar-refractivity contribution in [1.29, 1.82) is 0 Å². The van der Waals surface area contributed by atoms with Crippen molar-refractivity contribution in [3.8, 4) is 0 Å². The van der Waals surface area contributed by atoms with Gasteiger partial charge in [0.1, 0.15) is 5.60 Å². The molecule has 0 amide bonds. The van der Waals surface area contributed by atoms with E-state index in [4.69, 9.17) is 15.8 Å². The third-order valence-electron chi connectivity index (χ3n) is 2.48. The molecule has 8 heteroatoms. The fourth-order valence-electron chi connectivity index (χ4n) is 1.68. The van der Waals surface area contributed by atoms with E-state index in [2.05, 4.69) is 10.1 Å². The van der Waals surface area contributed by atoms with Gasteiger partial charge in [-0.1, -0.05) is 6.07 Å². The van der Waals surface area contributed by atoms with Crippen molar-refractivity contribution in [3.05, 3.63) is 29.3 Å². The van der Waals surface area contributed by atoms with Gasteiger partial charge in [0.15, 0.2) is 0 Å². The summed E-state index contributed by atoms with van der Waals surface area (Å²) in [6.07, 6.45) is -1.22. The first kappa shape index (κ1) is 17.7. The van der Waals surface area contributed by atoms with E-state index in [1.165, 1.54) is 6.07 Å². The highest BCUT2D eigenvalue weighted by Gasteiger charge is 2.15. The molecule has 0 radical (unpaired) electrons. The van der Waals surface area contributed by atoms with Crippen LogP contribution in [0.5, 0.6) is 0 Å². The SMILES string of the molecule is CC(C)(C)OC(=O)O.O=S(=O)(Cl)c1ccc2c(c1)CNC2. The molecule has 21 heavy (non-hydrogen) atoms. The number of nitrogens with one attached hydrogen (secondary N) is 1. The van der Waals surface area contributed by atoms with E-state index in [-0.39, 0.29) is 4.90 Å². The monoisotopic (exact) mass is 335 g/mol. The van der Waals surface area contributed by atoms with Gasteiger partial charge >= 0.3 is 6.16 Å². The largest absolute Gasteiger partial charge is 0.506 e. The van der Waals surface area contributed by atoms with Crippen molar-refractivity contribution in [2.75, 3.05) is 0 Å². The number of hydrogen-bond acceptors (Lipinski definition) is 5. The maximum atomic E-state index is 11.0. The van der Waals surface area contributed by atoms with E-state index >= 15 is 0 Å². The minimum absolute atomic E-state index is 0.177. The zero-order valence-corrected chi connectivity index (χ0v) is 13.6. The van der Waals surface area contributed by atoms with Gasteiger partial charge in [0.05, 0.1) is 4.90 Å². The first-order valence-corrected chi connectivity index (χ1v) is 8.49. The highest BCUT2D eigenvalue weighted by atomic mass is 35.7. The molecule has 1 aromatic rings. The lowest BCUT2D eigenvalue weighted by Gasteiger charge is -2.15. The van der Waals surface area contributed by atoms with E-state index in [9.17, 15) is 13.2 Å². The van der Waals surface area contributed by atoms with Crippen LogP contribution >= 0.6 is 10.7 Å². The number of benzene rings is 1. The van der Waals surface area contributed by atoms with Crippen LogP contribution in [0.3, 0.4) is 0 Å². The first-order valence-electron chi connectivity index (χ1n) is 6.18. The van der Waals surface area contributed by atoms with Crippen molar-refractivity contribution >= 4 is 25.9 Å². The van der Waals surface area contributed by atoms with E-state index in [0.717, 1.165) is 24.2 Å². The average Bonchev–Trinajstić information content (AvgIpc) is 2.71. The van der Waals surface area contributed by atoms with Gasteiger partial charge in [0.25, 0.3) is 9.05 Å². The Labute approximate surface area is 128 Å². The topological polar surface area (TPSA) is 92.7 Å². The van der Waals surface area contributed by atoms with Crippen molar-refractivity contribution in [3.63, 3.8) is 0 Å². The molecule has 1 aromatic carbocycles. The maximum absolute atomic E-state index is 11.0. The van der Waals surface area contributed by atoms with E-state index in [1.54, 1.807) is 32.9 Å². The Morgan fingerprint density at radius 2 is 1.86 bits per heavy atom. The van der Waals surface area contributed by atoms with Crippen LogP contribution < -0.4 is 5.32 Å². The molecule has 6 nitrogen and oxygen atoms in total. The van der Waals surface area contributed by atoms with Crippen LogP contribution in [0.4, 0.5) is 4.79 Å². The Morgan fingerprint density at radius 1 is 1.29 bits per heavy atom. The Kier molecular flexibility index (Phi) is 5.61. The lowest BCUT2D eigenvalue weighted by Crippen LogP contribution is -2.22. The van der Waals surface area contributed by atoms with Gasteiger partial charge in [-0.15, -0.1) is 0 Å². The fourth-order valence-corrected chi connectivity index (χ4v) is 2.49. The average molecular weight is 336 g/mol. The third kappa shape index (κ3) is 6.33. The number of fused-ring (bicyclic) bond motifs is 1. The van der Waals surface area contributed by atoms with Crippen molar-refractivity contribution in [1.82, 2.24) is 5.32 Å². The molecule has 1 heterocycles. The molecule has 0 aromatic heterocycles. The standard InChI is InChI=1S/C8H8ClNO2S.C5H10O3/c9-13(11,12)8-2-1-6-4-10-5-7(6)3-8;1-5(2,3)8-4(6)7/h1-3,10H,4-5H2;1-3H3,(H,6,7). The maximum Gasteiger partial charge on any atom is 0.506 e. The predicted octanol–water partition coefficient (Wildman–Crippen LogP) is 2.70. The van der Waals surface area contributed by atoms with Crippen molar-refractivity contribution < 1.29 is 23.1 Å². The molecular weight excluding hydrogens is 318 g/mol. The summed E-state index contributed by atoms with van der Waals surface area (Å²) in [4.78, 5) is 9.97. The normalized spacial score (nSPS) is 13.9. The number of rotatable bonds is 1. The summed E-state index contributed by atoms with van der Waals surface area (Å²) in [6, 6.07) is 4.95. The van der Waals surface area contributed by atoms with E-state index in [1.807, 2.05) is 0 Å². The highest BCUT2D eigenvalue weighted by molar-refractivity contribution is 8.13. The second kappa shape index (κ2) is 6.64. The molecule has 0 spiro atoms. The van der Waals surface area contributed by atoms with Crippen LogP contribution in [0.15, 0.2) is 23.1 Å². The predicted molar refractivity (Wildman–Crippen MR) is 78.9 cm³/mol. The molecule has 1 aliphatic rings. The summed E-state index contributed by atoms with van der Waals surface area (Å²) < 4.78 is 26.3. The van der Waals surface area contributed by atoms with E-state index in [0.29, 0.717) is 0 Å². The summed E-state index contributed by atoms with van der Waals surface area (Å²) in [5.41, 5.74) is 1.58. The minimum Gasteiger partial charge on any atom is -0.450 e. The molecule has 0 fully saturated rings. The number of ether oxygens (including phenoxy) is 1. The van der Waals surface area contributed by atoms with Gasteiger partial charge in [-0.2, -0.15) is 0 Å². The Balaban J connectivity index is 0.000000240. The summed E-state index contributed by atoms with van der Waals surface area (Å²) in [5.74, 6) is 0. The van der Waals surface area contributed by atoms with Gasteiger partial charge in [-0.25, -0.2) is 13.2 Å². The molecule has 0 aliphatic carbocycles. The van der Waals surface area contributed by atoms with Crippen LogP contribution in [0, 0.1) is 0 Å². The summed E-state index contributed by atoms with van der Waals surface area (Å²) in [5, 5.41) is 11.2. The number of halogens is 1. The van der Waals surface area contributed by atoms with Gasteiger partial charge < -0.3 is 15.2 Å². The molecule has 0 atom stereocenters. The molecule has 118 valence electrons. The summed E-state index contributed by atoms with van der Waals surface area (Å²) in [6.45, 7) is 6.57. The lowest BCUT2D eigenvalue weighted by atomic mass is 10.1. The van der Waals surface area contributed by atoms with Crippen LogP contribution in [0.25, 0.3) is 0 Å². The molecule has 2 rings (SSSR count). The number of hydrogen-bond donors (Lipinski definition) is 2. The fraction of sp³-hybridized carbons (Fsp3) is 0.462. The molecular formula is C13H18ClNO5S. The minimum atomic E-state index is -3.58. The molecule has 0 bridgehead atoms. The Morgan fingerprint density at radius 3 is 2.29 bits per heavy atom. The van der Waals surface area contributed by atoms with Gasteiger partial charge in [-0.3, -0.25) is 0 Å². The number of carboxylic acid groups (broad SMARTS) is 1. The first-order chi connectivity index (χ1) is 9.49. The van der Waals surface area contributed by atoms with Gasteiger partial charge in [0, 0.05) is 23.8 Å². The third-order valence-corrected chi connectivity index (χ3v) is 3.84. The van der Waals surface area contributed by atoms with Crippen LogP contribution in [0.1, 0.15) is 31.9 Å². The van der Waals surface area contributed by atoms with Crippen LogP contribution in [-0.2, 0) is 26.9 Å². The van der Waals surface area contributed by atoms with Gasteiger partial charge in [0.2, 0.25) is 0 Å². The van der Waals surface area contributed by atoms with Gasteiger partial charge in [-0.05, 0) is 44.0 Å². The van der Waals surface area contributed by atoms with Crippen LogP contribution in [0.2, 0.25) is 0 Å². The zero-order valence-electron chi connectivity index (χ0n) is 12.0. The second-order valence-corrected chi connectivity index (χ2v) is 8.02. The molecule has 1 aliphatic heterocycles. The second-order valence-electron chi connectivity index (χ2n) is 5.45. The van der Waals surface area contributed by atoms with Crippen LogP contribution in [-0.4, -0.2) is 25.3 Å². The Bertz CT molecular complexity index is 622. The van der Waals surface area contributed by atoms with Crippen molar-refractivity contribution in [2.24, 2.45) is 0 Å². The quantitative estimate of drug-likeness (QED) is 0.605. The lowest BCUT2D eigenvalue weighted by molar-refractivity contribution is 0.0150. The summed E-state index contributed by atoms with van der Waals surface area (Å²) in [7, 11) is 1.63. The summed E-state index contributed by atoms with van der Waals surface area (Å²) >= 11 is 0. The van der Waals surface area contributed by atoms with E-state index < -0.39 is 20.8 Å². The van der Waals surface area contributed by atoms with Crippen molar-refractivity contribution in [2.45, 2.75) is 44.4 Å².